The first-order chi connectivity index (χ1) is 8.08. The molecule has 3 heteroatoms. The molecule has 1 aliphatic rings. The molecule has 1 fully saturated rings. The minimum absolute atomic E-state index is 0.0225. The molecule has 94 valence electrons. The Hall–Kier alpha value is -0.960. The van der Waals surface area contributed by atoms with Crippen LogP contribution in [0.15, 0.2) is 6.20 Å². The lowest BCUT2D eigenvalue weighted by Crippen LogP contribution is -2.16. The van der Waals surface area contributed by atoms with Gasteiger partial charge in [-0.1, -0.05) is 19.8 Å². The van der Waals surface area contributed by atoms with E-state index in [0.717, 1.165) is 23.0 Å². The van der Waals surface area contributed by atoms with Crippen LogP contribution in [0.25, 0.3) is 0 Å². The van der Waals surface area contributed by atoms with E-state index in [1.54, 1.807) is 0 Å². The maximum absolute atomic E-state index is 5.89. The first-order valence-corrected chi connectivity index (χ1v) is 6.67. The molecule has 1 aromatic heterocycles. The molecule has 1 aromatic rings. The summed E-state index contributed by atoms with van der Waals surface area (Å²) >= 11 is 0. The second kappa shape index (κ2) is 5.13. The van der Waals surface area contributed by atoms with Gasteiger partial charge >= 0.3 is 0 Å². The van der Waals surface area contributed by atoms with Gasteiger partial charge in [0.25, 0.3) is 0 Å². The van der Waals surface area contributed by atoms with Crippen LogP contribution in [-0.2, 0) is 0 Å². The van der Waals surface area contributed by atoms with Gasteiger partial charge in [-0.2, -0.15) is 0 Å². The Morgan fingerprint density at radius 3 is 2.76 bits per heavy atom. The van der Waals surface area contributed by atoms with Crippen LogP contribution in [0.4, 0.5) is 0 Å². The van der Waals surface area contributed by atoms with Crippen LogP contribution in [-0.4, -0.2) is 9.97 Å². The molecule has 3 unspecified atom stereocenters. The quantitative estimate of drug-likeness (QED) is 0.854. The van der Waals surface area contributed by atoms with Gasteiger partial charge in [-0.3, -0.25) is 0 Å². The molecule has 0 aromatic carbocycles. The number of rotatable bonds is 2. The summed E-state index contributed by atoms with van der Waals surface area (Å²) in [5, 5.41) is 0. The summed E-state index contributed by atoms with van der Waals surface area (Å²) in [7, 11) is 0. The van der Waals surface area contributed by atoms with Crippen molar-refractivity contribution in [2.75, 3.05) is 0 Å². The Morgan fingerprint density at radius 1 is 1.41 bits per heavy atom. The minimum atomic E-state index is 0.0225. The van der Waals surface area contributed by atoms with Crippen molar-refractivity contribution >= 4 is 0 Å². The molecule has 0 saturated heterocycles. The zero-order chi connectivity index (χ0) is 12.4. The Balaban J connectivity index is 2.19. The maximum atomic E-state index is 5.89. The highest BCUT2D eigenvalue weighted by molar-refractivity contribution is 5.20. The third-order valence-electron chi connectivity index (χ3n) is 3.83. The van der Waals surface area contributed by atoms with E-state index < -0.39 is 0 Å². The first-order valence-electron chi connectivity index (χ1n) is 6.67. The van der Waals surface area contributed by atoms with E-state index in [1.807, 2.05) is 20.0 Å². The van der Waals surface area contributed by atoms with Crippen LogP contribution in [0.1, 0.15) is 68.6 Å². The predicted octanol–water partition coefficient (Wildman–Crippen LogP) is 3.10. The number of hydrogen-bond acceptors (Lipinski definition) is 3. The van der Waals surface area contributed by atoms with Crippen LogP contribution in [0.5, 0.6) is 0 Å². The summed E-state index contributed by atoms with van der Waals surface area (Å²) in [6.07, 6.45) is 7.05. The number of hydrogen-bond donors (Lipinski definition) is 1. The zero-order valence-electron chi connectivity index (χ0n) is 11.1. The van der Waals surface area contributed by atoms with Gasteiger partial charge in [0.2, 0.25) is 0 Å². The second-order valence-electron chi connectivity index (χ2n) is 5.53. The monoisotopic (exact) mass is 233 g/mol. The van der Waals surface area contributed by atoms with Gasteiger partial charge < -0.3 is 5.73 Å². The summed E-state index contributed by atoms with van der Waals surface area (Å²) in [5.41, 5.74) is 8.00. The van der Waals surface area contributed by atoms with Gasteiger partial charge in [0, 0.05) is 29.4 Å². The average Bonchev–Trinajstić information content (AvgIpc) is 2.28. The van der Waals surface area contributed by atoms with Gasteiger partial charge in [0.05, 0.1) is 0 Å². The Morgan fingerprint density at radius 2 is 2.18 bits per heavy atom. The molecule has 17 heavy (non-hydrogen) atoms. The summed E-state index contributed by atoms with van der Waals surface area (Å²) in [5.74, 6) is 2.39. The normalized spacial score (nSPS) is 26.8. The molecule has 3 atom stereocenters. The molecule has 0 bridgehead atoms. The number of nitrogens with two attached hydrogens (primary N) is 1. The van der Waals surface area contributed by atoms with E-state index in [9.17, 15) is 0 Å². The van der Waals surface area contributed by atoms with Crippen molar-refractivity contribution in [2.24, 2.45) is 11.7 Å². The van der Waals surface area contributed by atoms with Crippen molar-refractivity contribution in [2.45, 2.75) is 58.4 Å². The van der Waals surface area contributed by atoms with E-state index in [4.69, 9.17) is 5.73 Å². The van der Waals surface area contributed by atoms with Gasteiger partial charge in [0.1, 0.15) is 5.82 Å². The summed E-state index contributed by atoms with van der Waals surface area (Å²) in [6.45, 7) is 6.35. The van der Waals surface area contributed by atoms with Crippen LogP contribution in [0.2, 0.25) is 0 Å². The number of aryl methyl sites for hydroxylation is 1. The molecule has 3 nitrogen and oxygen atoms in total. The molecule has 1 aliphatic carbocycles. The fraction of sp³-hybridized carbons (Fsp3) is 0.714. The van der Waals surface area contributed by atoms with Gasteiger partial charge in [-0.05, 0) is 32.6 Å². The molecule has 2 rings (SSSR count). The lowest BCUT2D eigenvalue weighted by atomic mass is 9.82. The standard InChI is InChI=1S/C14H23N3/c1-9-5-4-6-12(7-9)14-16-8-13(10(2)15)11(3)17-14/h8-10,12H,4-7,15H2,1-3H3. The molecule has 0 amide bonds. The summed E-state index contributed by atoms with van der Waals surface area (Å²) in [6, 6.07) is 0.0225. The molecule has 1 saturated carbocycles. The van der Waals surface area contributed by atoms with Gasteiger partial charge in [0.15, 0.2) is 0 Å². The highest BCUT2D eigenvalue weighted by Crippen LogP contribution is 2.34. The Kier molecular flexibility index (Phi) is 3.77. The molecular weight excluding hydrogens is 210 g/mol. The van der Waals surface area contributed by atoms with Crippen LogP contribution >= 0.6 is 0 Å². The topological polar surface area (TPSA) is 51.8 Å². The minimum Gasteiger partial charge on any atom is -0.324 e. The van der Waals surface area contributed by atoms with E-state index in [1.165, 1.54) is 25.7 Å². The fourth-order valence-corrected chi connectivity index (χ4v) is 2.81. The summed E-state index contributed by atoms with van der Waals surface area (Å²) in [4.78, 5) is 9.19. The Labute approximate surface area is 104 Å². The number of aromatic nitrogens is 2. The smallest absolute Gasteiger partial charge is 0.131 e. The fourth-order valence-electron chi connectivity index (χ4n) is 2.81. The average molecular weight is 233 g/mol. The van der Waals surface area contributed by atoms with Crippen molar-refractivity contribution in [3.8, 4) is 0 Å². The van der Waals surface area contributed by atoms with Crippen LogP contribution in [0, 0.1) is 12.8 Å². The number of nitrogens with zero attached hydrogens (tertiary/aromatic N) is 2. The van der Waals surface area contributed by atoms with Gasteiger partial charge in [-0.15, -0.1) is 0 Å². The third kappa shape index (κ3) is 2.83. The molecule has 2 N–H and O–H groups in total. The highest BCUT2D eigenvalue weighted by atomic mass is 14.9. The highest BCUT2D eigenvalue weighted by Gasteiger charge is 2.23. The van der Waals surface area contributed by atoms with E-state index in [2.05, 4.69) is 16.9 Å². The zero-order valence-corrected chi connectivity index (χ0v) is 11.1. The molecule has 1 heterocycles. The van der Waals surface area contributed by atoms with E-state index >= 15 is 0 Å². The molecular formula is C14H23N3. The first kappa shape index (κ1) is 12.5. The predicted molar refractivity (Wildman–Crippen MR) is 69.7 cm³/mol. The second-order valence-corrected chi connectivity index (χ2v) is 5.53. The van der Waals surface area contributed by atoms with Gasteiger partial charge in [-0.25, -0.2) is 9.97 Å². The largest absolute Gasteiger partial charge is 0.324 e. The summed E-state index contributed by atoms with van der Waals surface area (Å²) < 4.78 is 0. The maximum Gasteiger partial charge on any atom is 0.131 e. The lowest BCUT2D eigenvalue weighted by molar-refractivity contribution is 0.334. The molecule has 0 radical (unpaired) electrons. The lowest BCUT2D eigenvalue weighted by Gasteiger charge is -2.26. The van der Waals surface area contributed by atoms with E-state index in [-0.39, 0.29) is 6.04 Å². The van der Waals surface area contributed by atoms with Crippen molar-refractivity contribution in [3.63, 3.8) is 0 Å². The van der Waals surface area contributed by atoms with Crippen molar-refractivity contribution in [1.82, 2.24) is 9.97 Å². The molecule has 0 aliphatic heterocycles. The van der Waals surface area contributed by atoms with E-state index in [0.29, 0.717) is 5.92 Å². The van der Waals surface area contributed by atoms with Crippen molar-refractivity contribution in [3.05, 3.63) is 23.3 Å². The van der Waals surface area contributed by atoms with Crippen LogP contribution < -0.4 is 5.73 Å². The molecule has 0 spiro atoms. The van der Waals surface area contributed by atoms with Crippen molar-refractivity contribution in [1.29, 1.82) is 0 Å². The Bertz CT molecular complexity index is 387. The SMILES string of the molecule is Cc1nc(C2CCCC(C)C2)ncc1C(C)N. The van der Waals surface area contributed by atoms with Crippen molar-refractivity contribution < 1.29 is 0 Å². The van der Waals surface area contributed by atoms with Crippen LogP contribution in [0.3, 0.4) is 0 Å². The third-order valence-corrected chi connectivity index (χ3v) is 3.83.